The van der Waals surface area contributed by atoms with Gasteiger partial charge in [-0.2, -0.15) is 0 Å². The van der Waals surface area contributed by atoms with E-state index < -0.39 is 4.92 Å². The molecule has 1 aromatic rings. The van der Waals surface area contributed by atoms with Crippen LogP contribution in [0.5, 0.6) is 5.75 Å². The lowest BCUT2D eigenvalue weighted by Crippen LogP contribution is -2.21. The fourth-order valence-corrected chi connectivity index (χ4v) is 2.20. The monoisotopic (exact) mass is 252 g/mol. The van der Waals surface area contributed by atoms with Gasteiger partial charge in [0.05, 0.1) is 18.1 Å². The number of hydrogen-bond donors (Lipinski definition) is 1. The second-order valence-electron chi connectivity index (χ2n) is 4.43. The molecule has 6 nitrogen and oxygen atoms in total. The van der Waals surface area contributed by atoms with Crippen LogP contribution >= 0.6 is 0 Å². The molecule has 1 fully saturated rings. The van der Waals surface area contributed by atoms with Crippen molar-refractivity contribution in [2.45, 2.75) is 19.1 Å². The van der Waals surface area contributed by atoms with Crippen molar-refractivity contribution >= 4 is 5.69 Å². The summed E-state index contributed by atoms with van der Waals surface area (Å²) < 4.78 is 5.21. The van der Waals surface area contributed by atoms with Crippen molar-refractivity contribution in [2.75, 3.05) is 20.2 Å². The van der Waals surface area contributed by atoms with Crippen molar-refractivity contribution in [3.05, 3.63) is 33.9 Å². The van der Waals surface area contributed by atoms with Gasteiger partial charge in [-0.15, -0.1) is 0 Å². The number of aliphatic hydroxyl groups is 1. The summed E-state index contributed by atoms with van der Waals surface area (Å²) in [6, 6.07) is 4.57. The number of β-amino-alcohol motifs (C(OH)–C–C–N with tert-alkyl or cyclic N) is 1. The van der Waals surface area contributed by atoms with Crippen molar-refractivity contribution in [2.24, 2.45) is 0 Å². The molecule has 0 aromatic heterocycles. The molecule has 0 saturated carbocycles. The minimum atomic E-state index is -0.415. The van der Waals surface area contributed by atoms with Gasteiger partial charge >= 0.3 is 0 Å². The van der Waals surface area contributed by atoms with E-state index in [1.165, 1.54) is 12.1 Å². The number of benzene rings is 1. The van der Waals surface area contributed by atoms with Crippen LogP contribution in [0, 0.1) is 10.1 Å². The van der Waals surface area contributed by atoms with Crippen LogP contribution in [0.4, 0.5) is 5.69 Å². The molecule has 1 atom stereocenters. The van der Waals surface area contributed by atoms with E-state index in [0.717, 1.165) is 18.5 Å². The second kappa shape index (κ2) is 5.32. The molecule has 0 spiro atoms. The lowest BCUT2D eigenvalue weighted by atomic mass is 10.1. The smallest absolute Gasteiger partial charge is 0.270 e. The van der Waals surface area contributed by atoms with E-state index in [4.69, 9.17) is 4.74 Å². The number of aliphatic hydroxyl groups excluding tert-OH is 1. The van der Waals surface area contributed by atoms with Crippen molar-refractivity contribution in [3.63, 3.8) is 0 Å². The molecule has 0 radical (unpaired) electrons. The van der Waals surface area contributed by atoms with Crippen molar-refractivity contribution < 1.29 is 14.8 Å². The van der Waals surface area contributed by atoms with Crippen LogP contribution in [0.1, 0.15) is 12.0 Å². The van der Waals surface area contributed by atoms with Gasteiger partial charge in [-0.05, 0) is 12.5 Å². The molecule has 1 aromatic carbocycles. The van der Waals surface area contributed by atoms with E-state index in [2.05, 4.69) is 4.90 Å². The fourth-order valence-electron chi connectivity index (χ4n) is 2.20. The second-order valence-corrected chi connectivity index (χ2v) is 4.43. The number of ether oxygens (including phenoxy) is 1. The number of nitro benzene ring substituents is 1. The Kier molecular flexibility index (Phi) is 3.78. The number of nitro groups is 1. The highest BCUT2D eigenvalue weighted by Gasteiger charge is 2.22. The molecule has 0 unspecified atom stereocenters. The highest BCUT2D eigenvalue weighted by Crippen LogP contribution is 2.26. The summed E-state index contributed by atoms with van der Waals surface area (Å²) >= 11 is 0. The van der Waals surface area contributed by atoms with Gasteiger partial charge in [0.2, 0.25) is 0 Å². The Balaban J connectivity index is 2.18. The number of likely N-dealkylation sites (tertiary alicyclic amines) is 1. The normalized spacial score (nSPS) is 20.0. The third kappa shape index (κ3) is 2.77. The molecular weight excluding hydrogens is 236 g/mol. The molecule has 0 amide bonds. The maximum absolute atomic E-state index is 10.8. The molecule has 98 valence electrons. The molecule has 1 aliphatic heterocycles. The highest BCUT2D eigenvalue weighted by molar-refractivity contribution is 5.43. The molecule has 2 rings (SSSR count). The van der Waals surface area contributed by atoms with Crippen LogP contribution in [0.2, 0.25) is 0 Å². The minimum absolute atomic E-state index is 0.0607. The fraction of sp³-hybridized carbons (Fsp3) is 0.500. The Morgan fingerprint density at radius 3 is 2.94 bits per heavy atom. The average Bonchev–Trinajstić information content (AvgIpc) is 2.74. The summed E-state index contributed by atoms with van der Waals surface area (Å²) in [4.78, 5) is 12.4. The first-order valence-corrected chi connectivity index (χ1v) is 5.82. The summed E-state index contributed by atoms with van der Waals surface area (Å²) in [5.74, 6) is 0.641. The summed E-state index contributed by atoms with van der Waals surface area (Å²) in [7, 11) is 1.55. The van der Waals surface area contributed by atoms with E-state index >= 15 is 0 Å². The van der Waals surface area contributed by atoms with Gasteiger partial charge in [0.15, 0.2) is 0 Å². The Labute approximate surface area is 105 Å². The van der Waals surface area contributed by atoms with E-state index in [1.807, 2.05) is 0 Å². The van der Waals surface area contributed by atoms with Crippen LogP contribution in [0.3, 0.4) is 0 Å². The van der Waals surface area contributed by atoms with Crippen LogP contribution in [-0.2, 0) is 6.54 Å². The number of nitrogens with zero attached hydrogens (tertiary/aromatic N) is 2. The van der Waals surface area contributed by atoms with E-state index in [1.54, 1.807) is 13.2 Å². The van der Waals surface area contributed by atoms with Gasteiger partial charge in [-0.3, -0.25) is 15.0 Å². The number of rotatable bonds is 4. The molecular formula is C12H16N2O4. The number of methoxy groups -OCH3 is 1. The molecule has 18 heavy (non-hydrogen) atoms. The van der Waals surface area contributed by atoms with Crippen LogP contribution in [0.25, 0.3) is 0 Å². The molecule has 1 saturated heterocycles. The Bertz CT molecular complexity index is 450. The zero-order valence-electron chi connectivity index (χ0n) is 10.2. The summed E-state index contributed by atoms with van der Waals surface area (Å²) in [6.07, 6.45) is 0.451. The summed E-state index contributed by atoms with van der Waals surface area (Å²) in [6.45, 7) is 1.96. The van der Waals surface area contributed by atoms with E-state index in [-0.39, 0.29) is 11.8 Å². The number of hydrogen-bond acceptors (Lipinski definition) is 5. The van der Waals surface area contributed by atoms with Crippen LogP contribution in [0.15, 0.2) is 18.2 Å². The topological polar surface area (TPSA) is 75.8 Å². The van der Waals surface area contributed by atoms with E-state index in [0.29, 0.717) is 18.8 Å². The van der Waals surface area contributed by atoms with Gasteiger partial charge in [0.1, 0.15) is 5.75 Å². The van der Waals surface area contributed by atoms with Crippen LogP contribution in [-0.4, -0.2) is 41.2 Å². The number of non-ortho nitro benzene ring substituents is 1. The van der Waals surface area contributed by atoms with Crippen molar-refractivity contribution in [1.29, 1.82) is 0 Å². The van der Waals surface area contributed by atoms with Gasteiger partial charge in [-0.25, -0.2) is 0 Å². The van der Waals surface area contributed by atoms with E-state index in [9.17, 15) is 15.2 Å². The van der Waals surface area contributed by atoms with Gasteiger partial charge in [0.25, 0.3) is 5.69 Å². The first kappa shape index (κ1) is 12.8. The SMILES string of the molecule is COc1ccc([N+](=O)[O-])cc1CN1CC[C@@H](O)C1. The first-order chi connectivity index (χ1) is 8.60. The predicted molar refractivity (Wildman–Crippen MR) is 65.5 cm³/mol. The third-order valence-corrected chi connectivity index (χ3v) is 3.12. The molecule has 1 aliphatic rings. The Morgan fingerprint density at radius 2 is 2.39 bits per heavy atom. The first-order valence-electron chi connectivity index (χ1n) is 5.82. The van der Waals surface area contributed by atoms with Crippen molar-refractivity contribution in [3.8, 4) is 5.75 Å². The lowest BCUT2D eigenvalue weighted by molar-refractivity contribution is -0.384. The highest BCUT2D eigenvalue weighted by atomic mass is 16.6. The van der Waals surface area contributed by atoms with Gasteiger partial charge in [0, 0.05) is 37.3 Å². The summed E-state index contributed by atoms with van der Waals surface area (Å²) in [5, 5.41) is 20.2. The zero-order valence-corrected chi connectivity index (χ0v) is 10.2. The van der Waals surface area contributed by atoms with Gasteiger partial charge < -0.3 is 9.84 Å². The molecule has 1 N–H and O–H groups in total. The maximum atomic E-state index is 10.8. The summed E-state index contributed by atoms with van der Waals surface area (Å²) in [5.41, 5.74) is 0.839. The molecule has 0 bridgehead atoms. The van der Waals surface area contributed by atoms with Gasteiger partial charge in [-0.1, -0.05) is 0 Å². The lowest BCUT2D eigenvalue weighted by Gasteiger charge is -2.16. The quantitative estimate of drug-likeness (QED) is 0.643. The zero-order chi connectivity index (χ0) is 13.1. The van der Waals surface area contributed by atoms with Crippen LogP contribution < -0.4 is 4.74 Å². The maximum Gasteiger partial charge on any atom is 0.270 e. The molecule has 1 heterocycles. The standard InChI is InChI=1S/C12H16N2O4/c1-18-12-3-2-10(14(16)17)6-9(12)7-13-5-4-11(15)8-13/h2-3,6,11,15H,4-5,7-8H2,1H3/t11-/m1/s1. The molecule has 0 aliphatic carbocycles. The minimum Gasteiger partial charge on any atom is -0.496 e. The molecule has 6 heteroatoms. The average molecular weight is 252 g/mol. The van der Waals surface area contributed by atoms with Crippen molar-refractivity contribution in [1.82, 2.24) is 4.90 Å². The third-order valence-electron chi connectivity index (χ3n) is 3.12. The largest absolute Gasteiger partial charge is 0.496 e. The Hall–Kier alpha value is -1.66. The predicted octanol–water partition coefficient (Wildman–Crippen LogP) is 1.17. The Morgan fingerprint density at radius 1 is 1.61 bits per heavy atom.